The molecule has 0 saturated heterocycles. The van der Waals surface area contributed by atoms with E-state index < -0.39 is 0 Å². The molecular weight excluding hydrogens is 192 g/mol. The molecule has 0 spiro atoms. The number of hydrogen-bond acceptors (Lipinski definition) is 0. The molecule has 0 aliphatic rings. The SMILES string of the molecule is CCCC(C)c1ccc(C(CC)CC)cc1. The van der Waals surface area contributed by atoms with Crippen molar-refractivity contribution in [3.63, 3.8) is 0 Å². The maximum Gasteiger partial charge on any atom is -0.0167 e. The van der Waals surface area contributed by atoms with Gasteiger partial charge < -0.3 is 0 Å². The second-order valence-electron chi connectivity index (χ2n) is 4.87. The van der Waals surface area contributed by atoms with Gasteiger partial charge in [-0.1, -0.05) is 58.4 Å². The smallest absolute Gasteiger partial charge is 0.0167 e. The van der Waals surface area contributed by atoms with Crippen LogP contribution in [-0.4, -0.2) is 0 Å². The number of hydrogen-bond donors (Lipinski definition) is 0. The van der Waals surface area contributed by atoms with Crippen molar-refractivity contribution in [2.45, 2.75) is 65.2 Å². The fourth-order valence-corrected chi connectivity index (χ4v) is 2.46. The summed E-state index contributed by atoms with van der Waals surface area (Å²) in [6.07, 6.45) is 5.07. The molecule has 0 heteroatoms. The molecule has 0 heterocycles. The van der Waals surface area contributed by atoms with Crippen LogP contribution in [0.4, 0.5) is 0 Å². The molecule has 90 valence electrons. The van der Waals surface area contributed by atoms with E-state index >= 15 is 0 Å². The van der Waals surface area contributed by atoms with Gasteiger partial charge in [0.25, 0.3) is 0 Å². The minimum atomic E-state index is 0.709. The summed E-state index contributed by atoms with van der Waals surface area (Å²) in [7, 11) is 0. The summed E-state index contributed by atoms with van der Waals surface area (Å²) in [5.41, 5.74) is 3.01. The summed E-state index contributed by atoms with van der Waals surface area (Å²) < 4.78 is 0. The lowest BCUT2D eigenvalue weighted by Gasteiger charge is -2.15. The third-order valence-electron chi connectivity index (χ3n) is 3.68. The first kappa shape index (κ1) is 13.3. The van der Waals surface area contributed by atoms with Crippen LogP contribution >= 0.6 is 0 Å². The zero-order valence-electron chi connectivity index (χ0n) is 11.3. The summed E-state index contributed by atoms with van der Waals surface area (Å²) in [6, 6.07) is 9.32. The van der Waals surface area contributed by atoms with E-state index in [1.165, 1.54) is 36.8 Å². The second-order valence-corrected chi connectivity index (χ2v) is 4.87. The molecule has 1 aromatic rings. The average Bonchev–Trinajstić information content (AvgIpc) is 2.32. The van der Waals surface area contributed by atoms with Gasteiger partial charge in [0.1, 0.15) is 0 Å². The van der Waals surface area contributed by atoms with Gasteiger partial charge in [-0.3, -0.25) is 0 Å². The molecule has 0 bridgehead atoms. The van der Waals surface area contributed by atoms with Crippen molar-refractivity contribution in [3.05, 3.63) is 35.4 Å². The van der Waals surface area contributed by atoms with Crippen molar-refractivity contribution in [2.75, 3.05) is 0 Å². The quantitative estimate of drug-likeness (QED) is 0.592. The summed E-state index contributed by atoms with van der Waals surface area (Å²) in [6.45, 7) is 9.15. The van der Waals surface area contributed by atoms with Gasteiger partial charge in [-0.05, 0) is 42.2 Å². The third-order valence-corrected chi connectivity index (χ3v) is 3.68. The highest BCUT2D eigenvalue weighted by Crippen LogP contribution is 2.26. The largest absolute Gasteiger partial charge is 0.0654 e. The lowest BCUT2D eigenvalue weighted by atomic mass is 9.90. The standard InChI is InChI=1S/C16H26/c1-5-8-13(4)15-9-11-16(12-10-15)14(6-2)7-3/h9-14H,5-8H2,1-4H3. The summed E-state index contributed by atoms with van der Waals surface area (Å²) in [5.74, 6) is 1.45. The Labute approximate surface area is 101 Å². The molecule has 0 aliphatic heterocycles. The highest BCUT2D eigenvalue weighted by atomic mass is 14.1. The van der Waals surface area contributed by atoms with Gasteiger partial charge in [0, 0.05) is 0 Å². The first-order chi connectivity index (χ1) is 7.72. The third kappa shape index (κ3) is 3.37. The molecule has 0 radical (unpaired) electrons. The van der Waals surface area contributed by atoms with Gasteiger partial charge in [0.15, 0.2) is 0 Å². The fraction of sp³-hybridized carbons (Fsp3) is 0.625. The first-order valence-corrected chi connectivity index (χ1v) is 6.82. The highest BCUT2D eigenvalue weighted by Gasteiger charge is 2.08. The summed E-state index contributed by atoms with van der Waals surface area (Å²) >= 11 is 0. The lowest BCUT2D eigenvalue weighted by Crippen LogP contribution is -1.97. The van der Waals surface area contributed by atoms with Crippen molar-refractivity contribution in [3.8, 4) is 0 Å². The molecule has 0 N–H and O–H groups in total. The van der Waals surface area contributed by atoms with E-state index in [1.807, 2.05) is 0 Å². The minimum absolute atomic E-state index is 0.709. The van der Waals surface area contributed by atoms with Gasteiger partial charge in [-0.25, -0.2) is 0 Å². The van der Waals surface area contributed by atoms with Crippen molar-refractivity contribution in [1.29, 1.82) is 0 Å². The maximum atomic E-state index is 2.33. The average molecular weight is 218 g/mol. The summed E-state index contributed by atoms with van der Waals surface area (Å²) in [4.78, 5) is 0. The molecule has 0 aromatic heterocycles. The van der Waals surface area contributed by atoms with Gasteiger partial charge in [0.2, 0.25) is 0 Å². The van der Waals surface area contributed by atoms with Gasteiger partial charge in [0.05, 0.1) is 0 Å². The molecule has 0 saturated carbocycles. The minimum Gasteiger partial charge on any atom is -0.0654 e. The van der Waals surface area contributed by atoms with E-state index in [4.69, 9.17) is 0 Å². The van der Waals surface area contributed by atoms with E-state index in [1.54, 1.807) is 0 Å². The van der Waals surface area contributed by atoms with Gasteiger partial charge >= 0.3 is 0 Å². The lowest BCUT2D eigenvalue weighted by molar-refractivity contribution is 0.638. The van der Waals surface area contributed by atoms with Crippen LogP contribution in [0.5, 0.6) is 0 Å². The molecular formula is C16H26. The van der Waals surface area contributed by atoms with E-state index in [-0.39, 0.29) is 0 Å². The maximum absolute atomic E-state index is 2.33. The Morgan fingerprint density at radius 2 is 1.38 bits per heavy atom. The molecule has 1 rings (SSSR count). The molecule has 16 heavy (non-hydrogen) atoms. The number of rotatable bonds is 6. The Balaban J connectivity index is 2.74. The Kier molecular flexibility index (Phi) is 5.59. The van der Waals surface area contributed by atoms with Crippen LogP contribution < -0.4 is 0 Å². The molecule has 0 nitrogen and oxygen atoms in total. The molecule has 0 aliphatic carbocycles. The highest BCUT2D eigenvalue weighted by molar-refractivity contribution is 5.27. The molecule has 1 aromatic carbocycles. The fourth-order valence-electron chi connectivity index (χ4n) is 2.46. The predicted molar refractivity (Wildman–Crippen MR) is 73.1 cm³/mol. The van der Waals surface area contributed by atoms with Crippen molar-refractivity contribution < 1.29 is 0 Å². The zero-order valence-corrected chi connectivity index (χ0v) is 11.3. The Hall–Kier alpha value is -0.780. The molecule has 1 atom stereocenters. The second kappa shape index (κ2) is 6.73. The van der Waals surface area contributed by atoms with Crippen LogP contribution in [0.1, 0.15) is 76.3 Å². The number of benzene rings is 1. The van der Waals surface area contributed by atoms with Crippen LogP contribution in [0.2, 0.25) is 0 Å². The first-order valence-electron chi connectivity index (χ1n) is 6.82. The van der Waals surface area contributed by atoms with Crippen molar-refractivity contribution in [1.82, 2.24) is 0 Å². The van der Waals surface area contributed by atoms with Crippen LogP contribution in [0, 0.1) is 0 Å². The van der Waals surface area contributed by atoms with Gasteiger partial charge in [-0.2, -0.15) is 0 Å². The van der Waals surface area contributed by atoms with Crippen LogP contribution in [0.15, 0.2) is 24.3 Å². The monoisotopic (exact) mass is 218 g/mol. The van der Waals surface area contributed by atoms with E-state index in [0.717, 1.165) is 5.92 Å². The van der Waals surface area contributed by atoms with Crippen molar-refractivity contribution >= 4 is 0 Å². The molecule has 0 amide bonds. The predicted octanol–water partition coefficient (Wildman–Crippen LogP) is 5.49. The van der Waals surface area contributed by atoms with E-state index in [0.29, 0.717) is 5.92 Å². The van der Waals surface area contributed by atoms with Crippen molar-refractivity contribution in [2.24, 2.45) is 0 Å². The van der Waals surface area contributed by atoms with Crippen LogP contribution in [0.25, 0.3) is 0 Å². The topological polar surface area (TPSA) is 0 Å². The summed E-state index contributed by atoms with van der Waals surface area (Å²) in [5, 5.41) is 0. The van der Waals surface area contributed by atoms with E-state index in [9.17, 15) is 0 Å². The van der Waals surface area contributed by atoms with E-state index in [2.05, 4.69) is 52.0 Å². The molecule has 0 fully saturated rings. The van der Waals surface area contributed by atoms with Crippen LogP contribution in [0.3, 0.4) is 0 Å². The Morgan fingerprint density at radius 3 is 1.81 bits per heavy atom. The Bertz CT molecular complexity index is 279. The molecule has 1 unspecified atom stereocenters. The normalized spacial score (nSPS) is 13.1. The zero-order chi connectivity index (χ0) is 12.0. The van der Waals surface area contributed by atoms with Crippen LogP contribution in [-0.2, 0) is 0 Å². The van der Waals surface area contributed by atoms with Gasteiger partial charge in [-0.15, -0.1) is 0 Å². The Morgan fingerprint density at radius 1 is 0.875 bits per heavy atom.